The van der Waals surface area contributed by atoms with Gasteiger partial charge in [-0.3, -0.25) is 14.3 Å². The van der Waals surface area contributed by atoms with Crippen molar-refractivity contribution in [3.8, 4) is 0 Å². The molecule has 1 aromatic heterocycles. The van der Waals surface area contributed by atoms with Crippen molar-refractivity contribution in [2.75, 3.05) is 0 Å². The van der Waals surface area contributed by atoms with Gasteiger partial charge in [-0.1, -0.05) is 56.3 Å². The van der Waals surface area contributed by atoms with E-state index in [0.717, 1.165) is 16.3 Å². The molecule has 2 aromatic carbocycles. The third-order valence-corrected chi connectivity index (χ3v) is 4.23. The van der Waals surface area contributed by atoms with Crippen molar-refractivity contribution in [1.29, 1.82) is 0 Å². The first-order valence-electron chi connectivity index (χ1n) is 8.65. The van der Waals surface area contributed by atoms with Crippen LogP contribution in [0.5, 0.6) is 0 Å². The van der Waals surface area contributed by atoms with Crippen molar-refractivity contribution in [3.05, 3.63) is 74.4 Å². The number of hydrogen-bond acceptors (Lipinski definition) is 4. The molecule has 134 valence electrons. The topological polar surface area (TPSA) is 79.6 Å². The van der Waals surface area contributed by atoms with E-state index >= 15 is 0 Å². The quantitative estimate of drug-likeness (QED) is 0.707. The minimum absolute atomic E-state index is 0.241. The summed E-state index contributed by atoms with van der Waals surface area (Å²) in [5.74, 6) is 0.567. The molecular weight excluding hydrogens is 328 g/mol. The lowest BCUT2D eigenvalue weighted by molar-refractivity contribution is 0.502. The molecule has 0 bridgehead atoms. The van der Waals surface area contributed by atoms with Gasteiger partial charge in [0.1, 0.15) is 0 Å². The summed E-state index contributed by atoms with van der Waals surface area (Å²) in [6, 6.07) is 14.1. The molecule has 0 unspecified atom stereocenters. The van der Waals surface area contributed by atoms with Gasteiger partial charge >= 0.3 is 5.69 Å². The summed E-state index contributed by atoms with van der Waals surface area (Å²) in [6.45, 7) is 6.51. The number of aromatic amines is 1. The lowest BCUT2D eigenvalue weighted by Gasteiger charge is -2.12. The number of nitrogens with one attached hydrogen (secondary N) is 1. The van der Waals surface area contributed by atoms with E-state index < -0.39 is 11.2 Å². The van der Waals surface area contributed by atoms with Gasteiger partial charge in [0.2, 0.25) is 0 Å². The van der Waals surface area contributed by atoms with Crippen LogP contribution >= 0.6 is 0 Å². The largest absolute Gasteiger partial charge is 0.330 e. The van der Waals surface area contributed by atoms with Gasteiger partial charge in [-0.25, -0.2) is 4.79 Å². The molecule has 0 saturated heterocycles. The zero-order chi connectivity index (χ0) is 18.7. The van der Waals surface area contributed by atoms with E-state index in [1.165, 1.54) is 4.57 Å². The maximum Gasteiger partial charge on any atom is 0.330 e. The first-order valence-corrected chi connectivity index (χ1v) is 8.65. The van der Waals surface area contributed by atoms with Crippen molar-refractivity contribution in [2.45, 2.75) is 33.9 Å². The van der Waals surface area contributed by atoms with Crippen molar-refractivity contribution in [3.63, 3.8) is 0 Å². The van der Waals surface area contributed by atoms with Crippen molar-refractivity contribution >= 4 is 16.6 Å². The number of fused-ring (bicyclic) bond motifs is 1. The van der Waals surface area contributed by atoms with Crippen molar-refractivity contribution in [2.24, 2.45) is 16.1 Å². The number of nitrogens with zero attached hydrogens (tertiary/aromatic N) is 3. The van der Waals surface area contributed by atoms with Crippen LogP contribution in [0.2, 0.25) is 0 Å². The average Bonchev–Trinajstić information content (AvgIpc) is 2.62. The Morgan fingerprint density at radius 2 is 1.81 bits per heavy atom. The Hall–Kier alpha value is -3.02. The molecule has 1 N–H and O–H groups in total. The molecule has 6 nitrogen and oxygen atoms in total. The highest BCUT2D eigenvalue weighted by atomic mass is 16.2. The maximum absolute atomic E-state index is 12.2. The molecule has 0 saturated carbocycles. The van der Waals surface area contributed by atoms with E-state index in [4.69, 9.17) is 0 Å². The molecule has 0 spiro atoms. The molecule has 0 amide bonds. The smallest absolute Gasteiger partial charge is 0.276 e. The van der Waals surface area contributed by atoms with Gasteiger partial charge in [0.05, 0.1) is 12.1 Å². The molecule has 0 radical (unpaired) electrons. The van der Waals surface area contributed by atoms with Gasteiger partial charge in [-0.2, -0.15) is 5.11 Å². The van der Waals surface area contributed by atoms with E-state index in [-0.39, 0.29) is 5.92 Å². The number of H-pyrrole nitrogens is 1. The van der Waals surface area contributed by atoms with Gasteiger partial charge in [0.15, 0.2) is 5.82 Å². The van der Waals surface area contributed by atoms with E-state index in [1.807, 2.05) is 44.2 Å². The molecule has 0 atom stereocenters. The molecule has 1 heterocycles. The second-order valence-corrected chi connectivity index (χ2v) is 6.75. The zero-order valence-corrected chi connectivity index (χ0v) is 15.2. The van der Waals surface area contributed by atoms with Crippen molar-refractivity contribution in [1.82, 2.24) is 9.55 Å². The van der Waals surface area contributed by atoms with Gasteiger partial charge in [0.25, 0.3) is 5.56 Å². The van der Waals surface area contributed by atoms with Gasteiger partial charge in [-0.05, 0) is 29.2 Å². The lowest BCUT2D eigenvalue weighted by atomic mass is 10.1. The Labute approximate surface area is 151 Å². The molecule has 3 rings (SSSR count). The summed E-state index contributed by atoms with van der Waals surface area (Å²) in [6.07, 6.45) is 0. The molecular formula is C20H22N4O2. The van der Waals surface area contributed by atoms with E-state index in [1.54, 1.807) is 6.92 Å². The van der Waals surface area contributed by atoms with Crippen LogP contribution in [0.4, 0.5) is 5.82 Å². The minimum Gasteiger partial charge on any atom is -0.276 e. The summed E-state index contributed by atoms with van der Waals surface area (Å²) >= 11 is 0. The molecule has 26 heavy (non-hydrogen) atoms. The van der Waals surface area contributed by atoms with E-state index in [9.17, 15) is 9.59 Å². The fourth-order valence-corrected chi connectivity index (χ4v) is 2.93. The number of rotatable bonds is 5. The molecule has 6 heteroatoms. The first-order chi connectivity index (χ1) is 12.5. The van der Waals surface area contributed by atoms with Gasteiger partial charge in [-0.15, -0.1) is 5.11 Å². The Balaban J connectivity index is 1.98. The van der Waals surface area contributed by atoms with Crippen LogP contribution in [-0.4, -0.2) is 9.55 Å². The molecule has 3 aromatic rings. The Bertz CT molecular complexity index is 1070. The fourth-order valence-electron chi connectivity index (χ4n) is 2.93. The van der Waals surface area contributed by atoms with Crippen LogP contribution in [0.3, 0.4) is 0 Å². The maximum atomic E-state index is 12.2. The Kier molecular flexibility index (Phi) is 5.11. The van der Waals surface area contributed by atoms with Crippen LogP contribution in [0, 0.1) is 12.8 Å². The Morgan fingerprint density at radius 3 is 2.58 bits per heavy atom. The van der Waals surface area contributed by atoms with Crippen LogP contribution in [0.25, 0.3) is 10.8 Å². The molecule has 0 aliphatic heterocycles. The predicted octanol–water partition coefficient (Wildman–Crippen LogP) is 3.94. The highest BCUT2D eigenvalue weighted by Gasteiger charge is 2.12. The predicted molar refractivity (Wildman–Crippen MR) is 103 cm³/mol. The Morgan fingerprint density at radius 1 is 1.08 bits per heavy atom. The minimum atomic E-state index is -0.451. The van der Waals surface area contributed by atoms with Gasteiger partial charge in [0, 0.05) is 6.54 Å². The normalized spacial score (nSPS) is 11.7. The standard InChI is InChI=1S/C20H22N4O2/c1-13(2)12-24-18(14(3)19(25)22-20(24)26)23-21-11-16-9-6-8-15-7-4-5-10-17(15)16/h4-10,13H,11-12H2,1-3H3,(H,22,25,26). The summed E-state index contributed by atoms with van der Waals surface area (Å²) in [7, 11) is 0. The zero-order valence-electron chi connectivity index (χ0n) is 15.2. The summed E-state index contributed by atoms with van der Waals surface area (Å²) in [5.41, 5.74) is 0.571. The fraction of sp³-hybridized carbons (Fsp3) is 0.300. The molecule has 0 aliphatic carbocycles. The summed E-state index contributed by atoms with van der Waals surface area (Å²) < 4.78 is 1.48. The number of hydrogen-bond donors (Lipinski definition) is 1. The van der Waals surface area contributed by atoms with Crippen LogP contribution in [0.15, 0.2) is 62.3 Å². The third kappa shape index (κ3) is 3.64. The van der Waals surface area contributed by atoms with Gasteiger partial charge < -0.3 is 0 Å². The number of azo groups is 1. The second-order valence-electron chi connectivity index (χ2n) is 6.75. The highest BCUT2D eigenvalue weighted by molar-refractivity contribution is 5.85. The molecule has 0 fully saturated rings. The van der Waals surface area contributed by atoms with E-state index in [2.05, 4.69) is 27.3 Å². The van der Waals surface area contributed by atoms with E-state index in [0.29, 0.717) is 24.5 Å². The highest BCUT2D eigenvalue weighted by Crippen LogP contribution is 2.20. The monoisotopic (exact) mass is 350 g/mol. The lowest BCUT2D eigenvalue weighted by Crippen LogP contribution is -2.32. The first kappa shape index (κ1) is 17.8. The van der Waals surface area contributed by atoms with Crippen LogP contribution < -0.4 is 11.2 Å². The van der Waals surface area contributed by atoms with Crippen LogP contribution in [0.1, 0.15) is 25.0 Å². The summed E-state index contributed by atoms with van der Waals surface area (Å²) in [5, 5.41) is 10.8. The number of benzene rings is 2. The van der Waals surface area contributed by atoms with Crippen molar-refractivity contribution < 1.29 is 0 Å². The molecule has 0 aliphatic rings. The number of aromatic nitrogens is 2. The third-order valence-electron chi connectivity index (χ3n) is 4.23. The SMILES string of the molecule is Cc1c(N=NCc2cccc3ccccc23)n(CC(C)C)c(=O)[nH]c1=O. The second kappa shape index (κ2) is 7.47. The van der Waals surface area contributed by atoms with Crippen LogP contribution in [-0.2, 0) is 13.1 Å². The summed E-state index contributed by atoms with van der Waals surface area (Å²) in [4.78, 5) is 26.4. The average molecular weight is 350 g/mol.